The van der Waals surface area contributed by atoms with Gasteiger partial charge in [-0.15, -0.1) is 0 Å². The number of nitrogens with zero attached hydrogens (tertiary/aromatic N) is 2. The molecule has 2 N–H and O–H groups in total. The van der Waals surface area contributed by atoms with Crippen LogP contribution in [0.3, 0.4) is 0 Å². The summed E-state index contributed by atoms with van der Waals surface area (Å²) in [5, 5.41) is 3.37. The quantitative estimate of drug-likeness (QED) is 0.848. The van der Waals surface area contributed by atoms with Crippen LogP contribution in [0, 0.1) is 0 Å². The van der Waals surface area contributed by atoms with E-state index in [0.717, 1.165) is 50.3 Å². The second kappa shape index (κ2) is 8.33. The van der Waals surface area contributed by atoms with Crippen molar-refractivity contribution in [3.05, 3.63) is 51.9 Å². The van der Waals surface area contributed by atoms with Gasteiger partial charge in [0.2, 0.25) is 0 Å². The Kier molecular flexibility index (Phi) is 5.66. The molecule has 1 atom stereocenters. The average molecular weight is 368 g/mol. The van der Waals surface area contributed by atoms with Gasteiger partial charge in [-0.3, -0.25) is 9.69 Å². The molecule has 2 aliphatic rings. The number of benzene rings is 1. The minimum atomic E-state index is -0.123. The number of hydrogen-bond donors (Lipinski definition) is 2. The van der Waals surface area contributed by atoms with Crippen LogP contribution in [0.25, 0.3) is 11.4 Å². The van der Waals surface area contributed by atoms with E-state index in [1.165, 1.54) is 18.4 Å². The van der Waals surface area contributed by atoms with Gasteiger partial charge in [-0.05, 0) is 51.4 Å². The van der Waals surface area contributed by atoms with E-state index in [2.05, 4.69) is 32.3 Å². The Labute approximate surface area is 160 Å². The Bertz CT molecular complexity index is 804. The average Bonchev–Trinajstić information content (AvgIpc) is 3.24. The zero-order valence-electron chi connectivity index (χ0n) is 15.9. The number of hydrogen-bond acceptors (Lipinski definition) is 5. The Balaban J connectivity index is 1.45. The molecule has 0 saturated carbocycles. The van der Waals surface area contributed by atoms with Gasteiger partial charge in [0.05, 0.1) is 11.8 Å². The van der Waals surface area contributed by atoms with Crippen LogP contribution in [0.5, 0.6) is 0 Å². The van der Waals surface area contributed by atoms with Crippen molar-refractivity contribution in [3.8, 4) is 11.4 Å². The summed E-state index contributed by atoms with van der Waals surface area (Å²) >= 11 is 0. The zero-order valence-corrected chi connectivity index (χ0v) is 15.9. The van der Waals surface area contributed by atoms with Crippen LogP contribution in [-0.4, -0.2) is 47.7 Å². The molecule has 4 rings (SSSR count). The largest absolute Gasteiger partial charge is 0.372 e. The van der Waals surface area contributed by atoms with Crippen molar-refractivity contribution in [1.29, 1.82) is 0 Å². The molecule has 6 nitrogen and oxygen atoms in total. The highest BCUT2D eigenvalue weighted by atomic mass is 16.5. The molecule has 1 aromatic heterocycles. The third kappa shape index (κ3) is 4.46. The zero-order chi connectivity index (χ0) is 18.6. The third-order valence-electron chi connectivity index (χ3n) is 5.65. The molecule has 27 heavy (non-hydrogen) atoms. The Morgan fingerprint density at radius 2 is 2.00 bits per heavy atom. The van der Waals surface area contributed by atoms with E-state index in [1.807, 2.05) is 19.2 Å². The number of H-pyrrole nitrogens is 1. The Hall–Kier alpha value is -2.02. The molecule has 0 aliphatic carbocycles. The fourth-order valence-corrected chi connectivity index (χ4v) is 3.99. The van der Waals surface area contributed by atoms with Crippen LogP contribution in [0.4, 0.5) is 0 Å². The van der Waals surface area contributed by atoms with Crippen LogP contribution >= 0.6 is 0 Å². The van der Waals surface area contributed by atoms with Crippen molar-refractivity contribution in [3.63, 3.8) is 0 Å². The third-order valence-corrected chi connectivity index (χ3v) is 5.65. The van der Waals surface area contributed by atoms with E-state index in [9.17, 15) is 4.79 Å². The predicted octanol–water partition coefficient (Wildman–Crippen LogP) is 2.47. The normalized spacial score (nSPS) is 21.6. The molecule has 0 bridgehead atoms. The monoisotopic (exact) mass is 368 g/mol. The van der Waals surface area contributed by atoms with Crippen LogP contribution in [-0.2, 0) is 11.3 Å². The number of ether oxygens (including phenoxy) is 1. The summed E-state index contributed by atoms with van der Waals surface area (Å²) in [6.45, 7) is 3.97. The molecule has 144 valence electrons. The number of nitrogens with one attached hydrogen (secondary N) is 2. The molecule has 1 aromatic carbocycles. The minimum Gasteiger partial charge on any atom is -0.372 e. The SMILES string of the molecule is CNC1CCN(Cc2ccc(-c3nc(C4CCCO4)cc(=O)[nH]3)cc2)CC1. The fourth-order valence-electron chi connectivity index (χ4n) is 3.99. The van der Waals surface area contributed by atoms with Crippen molar-refractivity contribution < 1.29 is 4.74 Å². The second-order valence-electron chi connectivity index (χ2n) is 7.56. The molecular weight excluding hydrogens is 340 g/mol. The fraction of sp³-hybridized carbons (Fsp3) is 0.524. The lowest BCUT2D eigenvalue weighted by Gasteiger charge is -2.31. The number of likely N-dealkylation sites (tertiary alicyclic amines) is 1. The van der Waals surface area contributed by atoms with Crippen LogP contribution in [0.1, 0.15) is 43.0 Å². The van der Waals surface area contributed by atoms with E-state index in [4.69, 9.17) is 4.74 Å². The van der Waals surface area contributed by atoms with E-state index in [0.29, 0.717) is 11.9 Å². The standard InChI is InChI=1S/C21H28N4O2/c1-22-17-8-10-25(11-9-17)14-15-4-6-16(7-5-15)21-23-18(13-20(26)24-21)19-3-2-12-27-19/h4-7,13,17,19,22H,2-3,8-12,14H2,1H3,(H,23,24,26). The van der Waals surface area contributed by atoms with Gasteiger partial charge in [0.1, 0.15) is 5.82 Å². The maximum atomic E-state index is 12.1. The molecule has 2 aliphatic heterocycles. The number of aromatic amines is 1. The highest BCUT2D eigenvalue weighted by molar-refractivity contribution is 5.55. The lowest BCUT2D eigenvalue weighted by atomic mass is 10.0. The van der Waals surface area contributed by atoms with Crippen molar-refractivity contribution in [1.82, 2.24) is 20.2 Å². The van der Waals surface area contributed by atoms with Crippen LogP contribution < -0.4 is 10.9 Å². The molecular formula is C21H28N4O2. The summed E-state index contributed by atoms with van der Waals surface area (Å²) in [7, 11) is 2.05. The Morgan fingerprint density at radius 3 is 2.67 bits per heavy atom. The van der Waals surface area contributed by atoms with E-state index in [-0.39, 0.29) is 11.7 Å². The maximum absolute atomic E-state index is 12.1. The summed E-state index contributed by atoms with van der Waals surface area (Å²) in [5.41, 5.74) is 2.84. The van der Waals surface area contributed by atoms with E-state index < -0.39 is 0 Å². The highest BCUT2D eigenvalue weighted by Crippen LogP contribution is 2.27. The second-order valence-corrected chi connectivity index (χ2v) is 7.56. The molecule has 0 radical (unpaired) electrons. The van der Waals surface area contributed by atoms with Gasteiger partial charge < -0.3 is 15.0 Å². The van der Waals surface area contributed by atoms with E-state index >= 15 is 0 Å². The van der Waals surface area contributed by atoms with Crippen molar-refractivity contribution >= 4 is 0 Å². The van der Waals surface area contributed by atoms with Crippen molar-refractivity contribution in [2.75, 3.05) is 26.7 Å². The molecule has 0 spiro atoms. The van der Waals surface area contributed by atoms with Gasteiger partial charge in [0, 0.05) is 30.8 Å². The number of piperidine rings is 1. The molecule has 2 saturated heterocycles. The highest BCUT2D eigenvalue weighted by Gasteiger charge is 2.21. The van der Waals surface area contributed by atoms with Gasteiger partial charge in [-0.2, -0.15) is 0 Å². The molecule has 0 amide bonds. The summed E-state index contributed by atoms with van der Waals surface area (Å²) < 4.78 is 5.68. The predicted molar refractivity (Wildman–Crippen MR) is 106 cm³/mol. The summed E-state index contributed by atoms with van der Waals surface area (Å²) in [6, 6.07) is 10.6. The molecule has 2 fully saturated rings. The first-order valence-electron chi connectivity index (χ1n) is 9.93. The maximum Gasteiger partial charge on any atom is 0.251 e. The number of aromatic nitrogens is 2. The first-order chi connectivity index (χ1) is 13.2. The van der Waals surface area contributed by atoms with Crippen LogP contribution in [0.15, 0.2) is 35.1 Å². The van der Waals surface area contributed by atoms with Crippen LogP contribution in [0.2, 0.25) is 0 Å². The lowest BCUT2D eigenvalue weighted by Crippen LogP contribution is -2.40. The smallest absolute Gasteiger partial charge is 0.251 e. The molecule has 3 heterocycles. The lowest BCUT2D eigenvalue weighted by molar-refractivity contribution is 0.108. The topological polar surface area (TPSA) is 70.2 Å². The van der Waals surface area contributed by atoms with Crippen molar-refractivity contribution in [2.45, 2.75) is 44.4 Å². The first kappa shape index (κ1) is 18.3. The van der Waals surface area contributed by atoms with Gasteiger partial charge in [0.25, 0.3) is 5.56 Å². The number of rotatable bonds is 5. The Morgan fingerprint density at radius 1 is 1.22 bits per heavy atom. The first-order valence-corrected chi connectivity index (χ1v) is 9.93. The van der Waals surface area contributed by atoms with E-state index in [1.54, 1.807) is 6.07 Å². The van der Waals surface area contributed by atoms with Gasteiger partial charge in [0.15, 0.2) is 0 Å². The molecule has 1 unspecified atom stereocenters. The summed E-state index contributed by atoms with van der Waals surface area (Å²) in [5.74, 6) is 0.620. The van der Waals surface area contributed by atoms with Gasteiger partial charge in [-0.25, -0.2) is 4.98 Å². The van der Waals surface area contributed by atoms with Crippen molar-refractivity contribution in [2.24, 2.45) is 0 Å². The van der Waals surface area contributed by atoms with Gasteiger partial charge >= 0.3 is 0 Å². The minimum absolute atomic E-state index is 0.0501. The van der Waals surface area contributed by atoms with Gasteiger partial charge in [-0.1, -0.05) is 24.3 Å². The summed E-state index contributed by atoms with van der Waals surface area (Å²) in [6.07, 6.45) is 4.31. The molecule has 6 heteroatoms. The summed E-state index contributed by atoms with van der Waals surface area (Å²) in [4.78, 5) is 22.1. The molecule has 2 aromatic rings.